The molecular formula is C23H18N2. The molecule has 4 aromatic carbocycles. The van der Waals surface area contributed by atoms with Gasteiger partial charge in [-0.3, -0.25) is 4.99 Å². The summed E-state index contributed by atoms with van der Waals surface area (Å²) in [5, 5.41) is 2.11. The lowest BCUT2D eigenvalue weighted by Crippen LogP contribution is -1.87. The summed E-state index contributed by atoms with van der Waals surface area (Å²) < 4.78 is 0. The van der Waals surface area contributed by atoms with E-state index in [0.717, 1.165) is 27.7 Å². The zero-order valence-electron chi connectivity index (χ0n) is 13.8. The summed E-state index contributed by atoms with van der Waals surface area (Å²) >= 11 is 0. The van der Waals surface area contributed by atoms with Crippen LogP contribution in [0.3, 0.4) is 0 Å². The van der Waals surface area contributed by atoms with Crippen LogP contribution in [0.1, 0.15) is 5.56 Å². The Bertz CT molecular complexity index is 1030. The lowest BCUT2D eigenvalue weighted by Gasteiger charge is -2.05. The van der Waals surface area contributed by atoms with Crippen LogP contribution in [0.2, 0.25) is 0 Å². The standard InChI is InChI=1S/C23H18N2/c24-22-14-15-23(21-9-5-4-8-20(21)22)25-16-17-10-12-19(13-11-17)18-6-2-1-3-7-18/h1-16H,24H2. The van der Waals surface area contributed by atoms with Gasteiger partial charge in [-0.05, 0) is 28.8 Å². The minimum Gasteiger partial charge on any atom is -0.398 e. The van der Waals surface area contributed by atoms with Crippen molar-refractivity contribution in [2.45, 2.75) is 0 Å². The smallest absolute Gasteiger partial charge is 0.0709 e. The minimum atomic E-state index is 0.779. The zero-order valence-corrected chi connectivity index (χ0v) is 13.8. The van der Waals surface area contributed by atoms with Crippen LogP contribution in [0, 0.1) is 0 Å². The molecule has 0 aliphatic rings. The van der Waals surface area contributed by atoms with E-state index >= 15 is 0 Å². The number of rotatable bonds is 3. The van der Waals surface area contributed by atoms with E-state index in [4.69, 9.17) is 5.73 Å². The van der Waals surface area contributed by atoms with E-state index < -0.39 is 0 Å². The van der Waals surface area contributed by atoms with Crippen molar-refractivity contribution in [2.75, 3.05) is 5.73 Å². The fourth-order valence-corrected chi connectivity index (χ4v) is 2.96. The number of anilines is 1. The van der Waals surface area contributed by atoms with Crippen LogP contribution in [0.25, 0.3) is 21.9 Å². The fraction of sp³-hybridized carbons (Fsp3) is 0. The number of hydrogen-bond donors (Lipinski definition) is 1. The number of nitrogen functional groups attached to an aromatic ring is 1. The van der Waals surface area contributed by atoms with Gasteiger partial charge in [-0.15, -0.1) is 0 Å². The molecule has 0 unspecified atom stereocenters. The van der Waals surface area contributed by atoms with Crippen LogP contribution in [0.4, 0.5) is 11.4 Å². The third kappa shape index (κ3) is 3.15. The summed E-state index contributed by atoms with van der Waals surface area (Å²) in [7, 11) is 0. The Morgan fingerprint density at radius 2 is 1.24 bits per heavy atom. The maximum Gasteiger partial charge on any atom is 0.0709 e. The number of hydrogen-bond acceptors (Lipinski definition) is 2. The first-order valence-corrected chi connectivity index (χ1v) is 8.28. The second kappa shape index (κ2) is 6.62. The molecule has 120 valence electrons. The average molecular weight is 322 g/mol. The molecule has 2 N–H and O–H groups in total. The Morgan fingerprint density at radius 1 is 0.600 bits per heavy atom. The van der Waals surface area contributed by atoms with Crippen molar-refractivity contribution in [2.24, 2.45) is 4.99 Å². The van der Waals surface area contributed by atoms with Crippen molar-refractivity contribution < 1.29 is 0 Å². The van der Waals surface area contributed by atoms with Gasteiger partial charge in [0.2, 0.25) is 0 Å². The molecule has 0 bridgehead atoms. The number of aliphatic imine (C=N–C) groups is 1. The van der Waals surface area contributed by atoms with Gasteiger partial charge in [-0.25, -0.2) is 0 Å². The van der Waals surface area contributed by atoms with Crippen LogP contribution in [0.5, 0.6) is 0 Å². The largest absolute Gasteiger partial charge is 0.398 e. The molecule has 2 heteroatoms. The molecule has 4 rings (SSSR count). The molecule has 2 nitrogen and oxygen atoms in total. The van der Waals surface area contributed by atoms with Crippen LogP contribution < -0.4 is 5.73 Å². The summed E-state index contributed by atoms with van der Waals surface area (Å²) in [5.41, 5.74) is 11.3. The topological polar surface area (TPSA) is 38.4 Å². The van der Waals surface area contributed by atoms with Crippen LogP contribution >= 0.6 is 0 Å². The van der Waals surface area contributed by atoms with E-state index in [1.165, 1.54) is 11.1 Å². The van der Waals surface area contributed by atoms with E-state index in [1.807, 2.05) is 42.6 Å². The molecule has 25 heavy (non-hydrogen) atoms. The highest BCUT2D eigenvalue weighted by Crippen LogP contribution is 2.30. The summed E-state index contributed by atoms with van der Waals surface area (Å²) in [4.78, 5) is 4.67. The molecule has 4 aromatic rings. The van der Waals surface area contributed by atoms with Crippen molar-refractivity contribution in [1.29, 1.82) is 0 Å². The van der Waals surface area contributed by atoms with Gasteiger partial charge in [0.15, 0.2) is 0 Å². The highest BCUT2D eigenvalue weighted by Gasteiger charge is 2.02. The van der Waals surface area contributed by atoms with Crippen molar-refractivity contribution in [3.05, 3.63) is 96.6 Å². The lowest BCUT2D eigenvalue weighted by molar-refractivity contribution is 1.55. The number of nitrogens with zero attached hydrogens (tertiary/aromatic N) is 1. The third-order valence-corrected chi connectivity index (χ3v) is 4.31. The predicted molar refractivity (Wildman–Crippen MR) is 107 cm³/mol. The van der Waals surface area contributed by atoms with E-state index in [-0.39, 0.29) is 0 Å². The average Bonchev–Trinajstić information content (AvgIpc) is 2.69. The molecular weight excluding hydrogens is 304 g/mol. The molecule has 0 spiro atoms. The maximum absolute atomic E-state index is 6.05. The van der Waals surface area contributed by atoms with Crippen LogP contribution in [-0.2, 0) is 0 Å². The number of fused-ring (bicyclic) bond motifs is 1. The molecule has 0 saturated carbocycles. The predicted octanol–water partition coefficient (Wildman–Crippen LogP) is 5.84. The van der Waals surface area contributed by atoms with E-state index in [0.29, 0.717) is 0 Å². The number of nitrogens with two attached hydrogens (primary N) is 1. The Hall–Kier alpha value is -3.39. The van der Waals surface area contributed by atoms with Gasteiger partial charge in [0.25, 0.3) is 0 Å². The van der Waals surface area contributed by atoms with Crippen molar-refractivity contribution in [1.82, 2.24) is 0 Å². The van der Waals surface area contributed by atoms with Crippen molar-refractivity contribution in [3.8, 4) is 11.1 Å². The van der Waals surface area contributed by atoms with Crippen molar-refractivity contribution in [3.63, 3.8) is 0 Å². The van der Waals surface area contributed by atoms with Gasteiger partial charge in [-0.1, -0.05) is 78.9 Å². The van der Waals surface area contributed by atoms with Gasteiger partial charge in [0, 0.05) is 22.7 Å². The Balaban J connectivity index is 1.64. The molecule has 0 heterocycles. The van der Waals surface area contributed by atoms with E-state index in [1.54, 1.807) is 0 Å². The van der Waals surface area contributed by atoms with E-state index in [2.05, 4.69) is 59.6 Å². The summed E-state index contributed by atoms with van der Waals surface area (Å²) in [5.74, 6) is 0. The molecule has 0 aliphatic carbocycles. The first kappa shape index (κ1) is 15.2. The van der Waals surface area contributed by atoms with Gasteiger partial charge >= 0.3 is 0 Å². The quantitative estimate of drug-likeness (QED) is 0.373. The molecule has 0 fully saturated rings. The molecule has 0 aromatic heterocycles. The Morgan fingerprint density at radius 3 is 2.00 bits per heavy atom. The van der Waals surface area contributed by atoms with Crippen molar-refractivity contribution >= 4 is 28.4 Å². The monoisotopic (exact) mass is 322 g/mol. The highest BCUT2D eigenvalue weighted by atomic mass is 14.7. The van der Waals surface area contributed by atoms with Crippen LogP contribution in [-0.4, -0.2) is 6.21 Å². The first-order chi connectivity index (χ1) is 12.3. The highest BCUT2D eigenvalue weighted by molar-refractivity contribution is 6.01. The van der Waals surface area contributed by atoms with Gasteiger partial charge in [0.05, 0.1) is 5.69 Å². The summed E-state index contributed by atoms with van der Waals surface area (Å²) in [6, 6.07) is 30.7. The third-order valence-electron chi connectivity index (χ3n) is 4.31. The first-order valence-electron chi connectivity index (χ1n) is 8.28. The molecule has 0 saturated heterocycles. The minimum absolute atomic E-state index is 0.779. The van der Waals surface area contributed by atoms with E-state index in [9.17, 15) is 0 Å². The van der Waals surface area contributed by atoms with Gasteiger partial charge in [0.1, 0.15) is 0 Å². The zero-order chi connectivity index (χ0) is 17.1. The fourth-order valence-electron chi connectivity index (χ4n) is 2.96. The normalized spacial score (nSPS) is 11.2. The Kier molecular flexibility index (Phi) is 4.01. The second-order valence-corrected chi connectivity index (χ2v) is 5.97. The second-order valence-electron chi connectivity index (χ2n) is 5.97. The van der Waals surface area contributed by atoms with Gasteiger partial charge < -0.3 is 5.73 Å². The number of benzene rings is 4. The maximum atomic E-state index is 6.05. The van der Waals surface area contributed by atoms with Gasteiger partial charge in [-0.2, -0.15) is 0 Å². The van der Waals surface area contributed by atoms with Crippen LogP contribution in [0.15, 0.2) is 96.0 Å². The molecule has 0 amide bonds. The summed E-state index contributed by atoms with van der Waals surface area (Å²) in [6.45, 7) is 0. The lowest BCUT2D eigenvalue weighted by atomic mass is 10.0. The Labute approximate surface area is 147 Å². The summed E-state index contributed by atoms with van der Waals surface area (Å²) in [6.07, 6.45) is 1.90. The molecule has 0 aliphatic heterocycles. The molecule has 0 atom stereocenters. The molecule has 0 radical (unpaired) electrons. The SMILES string of the molecule is Nc1ccc(N=Cc2ccc(-c3ccccc3)cc2)c2ccccc12.